The Kier molecular flexibility index (Phi) is 4.94. The average molecular weight is 300 g/mol. The smallest absolute Gasteiger partial charge is 0.196 e. The Hall–Kier alpha value is -0.930. The van der Waals surface area contributed by atoms with Gasteiger partial charge in [-0.25, -0.2) is 4.99 Å². The number of fused-ring (bicyclic) bond motifs is 1. The van der Waals surface area contributed by atoms with E-state index in [1.165, 1.54) is 12.8 Å². The molecule has 0 radical (unpaired) electrons. The van der Waals surface area contributed by atoms with Crippen molar-refractivity contribution in [1.29, 1.82) is 0 Å². The molecule has 19 heavy (non-hydrogen) atoms. The zero-order valence-corrected chi connectivity index (χ0v) is 12.8. The monoisotopic (exact) mass is 299 g/mol. The van der Waals surface area contributed by atoms with E-state index in [4.69, 9.17) is 23.2 Å². The molecule has 0 bridgehead atoms. The maximum atomic E-state index is 6.24. The van der Waals surface area contributed by atoms with Crippen LogP contribution in [0.5, 0.6) is 0 Å². The maximum absolute atomic E-state index is 6.24. The van der Waals surface area contributed by atoms with Crippen LogP contribution in [0.4, 0.5) is 5.69 Å². The molecule has 104 valence electrons. The van der Waals surface area contributed by atoms with E-state index in [2.05, 4.69) is 29.5 Å². The predicted octanol–water partition coefficient (Wildman–Crippen LogP) is 4.42. The molecule has 1 heterocycles. The SMILES string of the molecule is CCCCCNC1=Nc2ccc(Cl)c(Cl)c2C(C)N1. The van der Waals surface area contributed by atoms with Crippen molar-refractivity contribution in [3.8, 4) is 0 Å². The van der Waals surface area contributed by atoms with Gasteiger partial charge in [-0.1, -0.05) is 43.0 Å². The zero-order chi connectivity index (χ0) is 13.8. The minimum Gasteiger partial charge on any atom is -0.356 e. The summed E-state index contributed by atoms with van der Waals surface area (Å²) in [4.78, 5) is 4.55. The third-order valence-corrected chi connectivity index (χ3v) is 4.02. The molecule has 5 heteroatoms. The molecule has 1 unspecified atom stereocenters. The number of aliphatic imine (C=N–C) groups is 1. The van der Waals surface area contributed by atoms with Crippen LogP contribution in [0.15, 0.2) is 17.1 Å². The Labute approximate surface area is 124 Å². The maximum Gasteiger partial charge on any atom is 0.196 e. The lowest BCUT2D eigenvalue weighted by molar-refractivity contribution is 0.648. The predicted molar refractivity (Wildman–Crippen MR) is 82.6 cm³/mol. The molecule has 0 saturated heterocycles. The minimum absolute atomic E-state index is 0.104. The fraction of sp³-hybridized carbons (Fsp3) is 0.500. The number of hydrogen-bond donors (Lipinski definition) is 2. The molecule has 0 spiro atoms. The van der Waals surface area contributed by atoms with Crippen LogP contribution in [0.25, 0.3) is 0 Å². The van der Waals surface area contributed by atoms with Gasteiger partial charge in [0.05, 0.1) is 21.8 Å². The van der Waals surface area contributed by atoms with Crippen molar-refractivity contribution in [2.75, 3.05) is 6.54 Å². The molecular weight excluding hydrogens is 281 g/mol. The second kappa shape index (κ2) is 6.49. The summed E-state index contributed by atoms with van der Waals surface area (Å²) in [5, 5.41) is 7.80. The summed E-state index contributed by atoms with van der Waals surface area (Å²) in [6.07, 6.45) is 3.60. The summed E-state index contributed by atoms with van der Waals surface area (Å²) in [5.41, 5.74) is 1.85. The highest BCUT2D eigenvalue weighted by atomic mass is 35.5. The molecule has 0 aliphatic carbocycles. The van der Waals surface area contributed by atoms with E-state index >= 15 is 0 Å². The van der Waals surface area contributed by atoms with Crippen molar-refractivity contribution in [3.05, 3.63) is 27.7 Å². The number of halogens is 2. The minimum atomic E-state index is 0.104. The average Bonchev–Trinajstić information content (AvgIpc) is 2.39. The summed E-state index contributed by atoms with van der Waals surface area (Å²) in [6.45, 7) is 5.19. The van der Waals surface area contributed by atoms with Crippen molar-refractivity contribution < 1.29 is 0 Å². The second-order valence-electron chi connectivity index (χ2n) is 4.75. The van der Waals surface area contributed by atoms with Crippen molar-refractivity contribution in [1.82, 2.24) is 10.6 Å². The fourth-order valence-corrected chi connectivity index (χ4v) is 2.66. The van der Waals surface area contributed by atoms with Gasteiger partial charge in [0.1, 0.15) is 0 Å². The molecular formula is C14H19Cl2N3. The quantitative estimate of drug-likeness (QED) is 0.807. The van der Waals surface area contributed by atoms with Gasteiger partial charge in [-0.05, 0) is 25.5 Å². The highest BCUT2D eigenvalue weighted by Crippen LogP contribution is 2.38. The first-order valence-corrected chi connectivity index (χ1v) is 7.46. The number of nitrogens with one attached hydrogen (secondary N) is 2. The molecule has 0 saturated carbocycles. The number of rotatable bonds is 4. The Morgan fingerprint density at radius 1 is 1.32 bits per heavy atom. The van der Waals surface area contributed by atoms with Gasteiger partial charge in [-0.3, -0.25) is 0 Å². The first kappa shape index (κ1) is 14.5. The van der Waals surface area contributed by atoms with Gasteiger partial charge in [0.2, 0.25) is 0 Å². The van der Waals surface area contributed by atoms with Gasteiger partial charge in [0, 0.05) is 12.1 Å². The molecule has 3 nitrogen and oxygen atoms in total. The lowest BCUT2D eigenvalue weighted by Gasteiger charge is -2.26. The summed E-state index contributed by atoms with van der Waals surface area (Å²) in [5.74, 6) is 0.814. The molecule has 1 aliphatic rings. The van der Waals surface area contributed by atoms with E-state index in [9.17, 15) is 0 Å². The standard InChI is InChI=1S/C14H19Cl2N3/c1-3-4-5-8-17-14-18-9(2)12-11(19-14)7-6-10(15)13(12)16/h6-7,9H,3-5,8H2,1-2H3,(H2,17,18,19). The van der Waals surface area contributed by atoms with Crippen LogP contribution in [0.3, 0.4) is 0 Å². The van der Waals surface area contributed by atoms with E-state index in [-0.39, 0.29) is 6.04 Å². The van der Waals surface area contributed by atoms with Gasteiger partial charge in [0.15, 0.2) is 5.96 Å². The van der Waals surface area contributed by atoms with E-state index in [0.29, 0.717) is 10.0 Å². The van der Waals surface area contributed by atoms with Crippen LogP contribution in [-0.4, -0.2) is 12.5 Å². The number of hydrogen-bond acceptors (Lipinski definition) is 3. The van der Waals surface area contributed by atoms with E-state index in [1.807, 2.05) is 6.07 Å². The van der Waals surface area contributed by atoms with Crippen molar-refractivity contribution in [2.45, 2.75) is 39.2 Å². The van der Waals surface area contributed by atoms with Crippen LogP contribution in [0, 0.1) is 0 Å². The van der Waals surface area contributed by atoms with Crippen molar-refractivity contribution in [3.63, 3.8) is 0 Å². The highest BCUT2D eigenvalue weighted by molar-refractivity contribution is 6.42. The van der Waals surface area contributed by atoms with E-state index in [1.54, 1.807) is 6.07 Å². The van der Waals surface area contributed by atoms with Gasteiger partial charge in [-0.15, -0.1) is 0 Å². The summed E-state index contributed by atoms with van der Waals surface area (Å²) < 4.78 is 0. The molecule has 0 amide bonds. The lowest BCUT2D eigenvalue weighted by atomic mass is 10.0. The Bertz CT molecular complexity index is 486. The van der Waals surface area contributed by atoms with Crippen molar-refractivity contribution >= 4 is 34.8 Å². The Morgan fingerprint density at radius 3 is 2.84 bits per heavy atom. The number of benzene rings is 1. The molecule has 1 aliphatic heterocycles. The zero-order valence-electron chi connectivity index (χ0n) is 11.3. The number of nitrogens with zero attached hydrogens (tertiary/aromatic N) is 1. The molecule has 1 atom stereocenters. The number of guanidine groups is 1. The summed E-state index contributed by atoms with van der Waals surface area (Å²) in [6, 6.07) is 3.81. The molecule has 2 rings (SSSR count). The van der Waals surface area contributed by atoms with Crippen LogP contribution in [0.2, 0.25) is 10.0 Å². The van der Waals surface area contributed by atoms with Crippen LogP contribution < -0.4 is 10.6 Å². The fourth-order valence-electron chi connectivity index (χ4n) is 2.17. The first-order chi connectivity index (χ1) is 9.13. The van der Waals surface area contributed by atoms with E-state index < -0.39 is 0 Å². The van der Waals surface area contributed by atoms with Crippen LogP contribution in [-0.2, 0) is 0 Å². The molecule has 2 N–H and O–H groups in total. The lowest BCUT2D eigenvalue weighted by Crippen LogP contribution is -2.40. The third-order valence-electron chi connectivity index (χ3n) is 3.20. The summed E-state index contributed by atoms with van der Waals surface area (Å²) in [7, 11) is 0. The molecule has 0 aromatic heterocycles. The topological polar surface area (TPSA) is 36.4 Å². The first-order valence-electron chi connectivity index (χ1n) is 6.70. The summed E-state index contributed by atoms with van der Waals surface area (Å²) >= 11 is 12.3. The van der Waals surface area contributed by atoms with Crippen LogP contribution in [0.1, 0.15) is 44.7 Å². The third kappa shape index (κ3) is 3.34. The van der Waals surface area contributed by atoms with Gasteiger partial charge >= 0.3 is 0 Å². The second-order valence-corrected chi connectivity index (χ2v) is 5.54. The highest BCUT2D eigenvalue weighted by Gasteiger charge is 2.22. The van der Waals surface area contributed by atoms with Crippen LogP contribution >= 0.6 is 23.2 Å². The van der Waals surface area contributed by atoms with Gasteiger partial charge in [-0.2, -0.15) is 0 Å². The largest absolute Gasteiger partial charge is 0.356 e. The van der Waals surface area contributed by atoms with Crippen molar-refractivity contribution in [2.24, 2.45) is 4.99 Å². The van der Waals surface area contributed by atoms with E-state index in [0.717, 1.165) is 30.2 Å². The Morgan fingerprint density at radius 2 is 2.11 bits per heavy atom. The van der Waals surface area contributed by atoms with Gasteiger partial charge in [0.25, 0.3) is 0 Å². The Balaban J connectivity index is 2.13. The van der Waals surface area contributed by atoms with Gasteiger partial charge < -0.3 is 10.6 Å². The molecule has 1 aromatic carbocycles. The number of unbranched alkanes of at least 4 members (excludes halogenated alkanes) is 2. The molecule has 0 fully saturated rings. The normalized spacial score (nSPS) is 17.5. The molecule has 1 aromatic rings.